The topological polar surface area (TPSA) is 98.1 Å². The Morgan fingerprint density at radius 3 is 2.38 bits per heavy atom. The lowest BCUT2D eigenvalue weighted by Gasteiger charge is -2.36. The fraction of sp³-hybridized carbons (Fsp3) is 0.636. The lowest BCUT2D eigenvalue weighted by Crippen LogP contribution is -2.47. The maximum absolute atomic E-state index is 13.2. The lowest BCUT2D eigenvalue weighted by molar-refractivity contribution is -0.00303. The summed E-state index contributed by atoms with van der Waals surface area (Å²) < 4.78 is 35.3. The summed E-state index contributed by atoms with van der Waals surface area (Å²) in [6, 6.07) is 9.04. The standard InChI is InChI=1S/C22H32ClN2O6P/c1-6-28-32(27,29-7-2)31-19(17-9-8-10-18(23)15-17)16-25(20(26)30-21(3,4)5)22(11-12-22)13-14-24/h8-10,15,19H,6-7,11-13,16H2,1-5H3. The summed E-state index contributed by atoms with van der Waals surface area (Å²) in [6.07, 6.45) is 0.0287. The monoisotopic (exact) mass is 486 g/mol. The highest BCUT2D eigenvalue weighted by atomic mass is 35.5. The van der Waals surface area contributed by atoms with Crippen molar-refractivity contribution >= 4 is 25.5 Å². The van der Waals surface area contributed by atoms with Gasteiger partial charge in [-0.1, -0.05) is 23.7 Å². The van der Waals surface area contributed by atoms with Gasteiger partial charge in [-0.05, 0) is 65.2 Å². The molecule has 178 valence electrons. The summed E-state index contributed by atoms with van der Waals surface area (Å²) >= 11 is 6.19. The summed E-state index contributed by atoms with van der Waals surface area (Å²) in [5.41, 5.74) is -0.784. The SMILES string of the molecule is CCOP(=O)(OCC)OC(CN(C(=O)OC(C)(C)C)C1(CC#N)CC1)c1cccc(Cl)c1. The molecule has 1 aromatic carbocycles. The first kappa shape index (κ1) is 26.6. The number of phosphoric acid groups is 1. The Hall–Kier alpha value is -1.62. The van der Waals surface area contributed by atoms with Gasteiger partial charge in [0.25, 0.3) is 0 Å². The molecule has 1 aliphatic rings. The summed E-state index contributed by atoms with van der Waals surface area (Å²) in [5.74, 6) is 0. The molecule has 0 heterocycles. The summed E-state index contributed by atoms with van der Waals surface area (Å²) in [5, 5.41) is 9.82. The molecule has 0 N–H and O–H groups in total. The van der Waals surface area contributed by atoms with E-state index in [1.165, 1.54) is 4.90 Å². The Balaban J connectivity index is 2.44. The molecule has 0 radical (unpaired) electrons. The van der Waals surface area contributed by atoms with Crippen LogP contribution in [0, 0.1) is 11.3 Å². The molecule has 8 nitrogen and oxygen atoms in total. The van der Waals surface area contributed by atoms with Crippen molar-refractivity contribution < 1.29 is 27.7 Å². The Morgan fingerprint density at radius 2 is 1.91 bits per heavy atom. The normalized spacial score (nSPS) is 16.2. The van der Waals surface area contributed by atoms with E-state index in [0.717, 1.165) is 0 Å². The number of ether oxygens (including phenoxy) is 1. The van der Waals surface area contributed by atoms with Crippen LogP contribution in [0.4, 0.5) is 4.79 Å². The van der Waals surface area contributed by atoms with Crippen molar-refractivity contribution in [2.24, 2.45) is 0 Å². The van der Waals surface area contributed by atoms with Crippen LogP contribution >= 0.6 is 19.4 Å². The molecule has 1 fully saturated rings. The molecule has 1 aliphatic carbocycles. The third-order valence-electron chi connectivity index (χ3n) is 4.82. The van der Waals surface area contributed by atoms with Crippen LogP contribution in [0.15, 0.2) is 24.3 Å². The van der Waals surface area contributed by atoms with Crippen LogP contribution in [0.3, 0.4) is 0 Å². The zero-order chi connectivity index (χ0) is 24.0. The van der Waals surface area contributed by atoms with Gasteiger partial charge in [0, 0.05) is 5.02 Å². The van der Waals surface area contributed by atoms with Crippen molar-refractivity contribution in [3.63, 3.8) is 0 Å². The highest BCUT2D eigenvalue weighted by Crippen LogP contribution is 2.54. The largest absolute Gasteiger partial charge is 0.475 e. The fourth-order valence-corrected chi connectivity index (χ4v) is 4.78. The number of carbonyl (C=O) groups is 1. The van der Waals surface area contributed by atoms with Crippen molar-refractivity contribution in [2.75, 3.05) is 19.8 Å². The molecular weight excluding hydrogens is 455 g/mol. The van der Waals surface area contributed by atoms with Gasteiger partial charge in [0.1, 0.15) is 11.7 Å². The maximum atomic E-state index is 13.2. The molecule has 32 heavy (non-hydrogen) atoms. The average molecular weight is 487 g/mol. The van der Waals surface area contributed by atoms with E-state index in [-0.39, 0.29) is 26.2 Å². The summed E-state index contributed by atoms with van der Waals surface area (Å²) in [7, 11) is -3.92. The van der Waals surface area contributed by atoms with Crippen LogP contribution in [0.5, 0.6) is 0 Å². The zero-order valence-electron chi connectivity index (χ0n) is 19.3. The third kappa shape index (κ3) is 7.47. The molecule has 1 aromatic rings. The summed E-state index contributed by atoms with van der Waals surface area (Å²) in [6.45, 7) is 8.91. The van der Waals surface area contributed by atoms with Crippen molar-refractivity contribution in [1.29, 1.82) is 5.26 Å². The second-order valence-electron chi connectivity index (χ2n) is 8.58. The molecular formula is C22H32ClN2O6P. The van der Waals surface area contributed by atoms with Gasteiger partial charge in [-0.15, -0.1) is 0 Å². The number of nitriles is 1. The third-order valence-corrected chi connectivity index (χ3v) is 6.72. The second kappa shape index (κ2) is 11.0. The van der Waals surface area contributed by atoms with Crippen LogP contribution < -0.4 is 0 Å². The van der Waals surface area contributed by atoms with Crippen LogP contribution in [0.25, 0.3) is 0 Å². The molecule has 1 atom stereocenters. The number of rotatable bonds is 11. The van der Waals surface area contributed by atoms with Crippen molar-refractivity contribution in [3.8, 4) is 6.07 Å². The quantitative estimate of drug-likeness (QED) is 0.340. The Kier molecular flexibility index (Phi) is 9.15. The van der Waals surface area contributed by atoms with Gasteiger partial charge in [-0.2, -0.15) is 5.26 Å². The smallest absolute Gasteiger partial charge is 0.444 e. The van der Waals surface area contributed by atoms with Gasteiger partial charge < -0.3 is 4.74 Å². The maximum Gasteiger partial charge on any atom is 0.475 e. The predicted molar refractivity (Wildman–Crippen MR) is 121 cm³/mol. The van der Waals surface area contributed by atoms with Crippen LogP contribution in [0.2, 0.25) is 5.02 Å². The fourth-order valence-electron chi connectivity index (χ4n) is 3.25. The number of halogens is 1. The van der Waals surface area contributed by atoms with Crippen LogP contribution in [0.1, 0.15) is 65.5 Å². The number of nitrogens with zero attached hydrogens (tertiary/aromatic N) is 2. The molecule has 1 unspecified atom stereocenters. The molecule has 1 saturated carbocycles. The van der Waals surface area contributed by atoms with E-state index >= 15 is 0 Å². The van der Waals surface area contributed by atoms with Gasteiger partial charge in [-0.3, -0.25) is 18.5 Å². The van der Waals surface area contributed by atoms with Crippen LogP contribution in [-0.2, 0) is 22.9 Å². The molecule has 2 rings (SSSR count). The highest BCUT2D eigenvalue weighted by molar-refractivity contribution is 7.48. The zero-order valence-corrected chi connectivity index (χ0v) is 20.9. The van der Waals surface area contributed by atoms with E-state index in [9.17, 15) is 14.6 Å². The van der Waals surface area contributed by atoms with E-state index in [1.807, 2.05) is 0 Å². The molecule has 0 aliphatic heterocycles. The van der Waals surface area contributed by atoms with Gasteiger partial charge in [0.05, 0.1) is 37.8 Å². The van der Waals surface area contributed by atoms with Crippen molar-refractivity contribution in [1.82, 2.24) is 4.90 Å². The van der Waals surface area contributed by atoms with E-state index in [0.29, 0.717) is 23.4 Å². The number of phosphoric ester groups is 1. The number of hydrogen-bond donors (Lipinski definition) is 0. The molecule has 0 aromatic heterocycles. The Bertz CT molecular complexity index is 868. The Morgan fingerprint density at radius 1 is 1.28 bits per heavy atom. The molecule has 10 heteroatoms. The number of hydrogen-bond acceptors (Lipinski definition) is 7. The predicted octanol–water partition coefficient (Wildman–Crippen LogP) is 6.26. The molecule has 0 spiro atoms. The second-order valence-corrected chi connectivity index (χ2v) is 10.6. The first-order valence-electron chi connectivity index (χ1n) is 10.7. The van der Waals surface area contributed by atoms with Crippen molar-refractivity contribution in [3.05, 3.63) is 34.9 Å². The minimum atomic E-state index is -3.92. The number of amides is 1. The van der Waals surface area contributed by atoms with Gasteiger partial charge in [0.2, 0.25) is 0 Å². The van der Waals surface area contributed by atoms with Crippen molar-refractivity contribution in [2.45, 2.75) is 71.1 Å². The minimum Gasteiger partial charge on any atom is -0.444 e. The van der Waals surface area contributed by atoms with E-state index in [2.05, 4.69) is 6.07 Å². The van der Waals surface area contributed by atoms with E-state index < -0.39 is 31.2 Å². The van der Waals surface area contributed by atoms with Crippen LogP contribution in [-0.4, -0.2) is 41.9 Å². The average Bonchev–Trinajstić information content (AvgIpc) is 3.44. The van der Waals surface area contributed by atoms with E-state index in [4.69, 9.17) is 29.9 Å². The number of benzene rings is 1. The van der Waals surface area contributed by atoms with Gasteiger partial charge in [-0.25, -0.2) is 9.36 Å². The van der Waals surface area contributed by atoms with Gasteiger partial charge >= 0.3 is 13.9 Å². The van der Waals surface area contributed by atoms with Gasteiger partial charge in [0.15, 0.2) is 0 Å². The minimum absolute atomic E-state index is 0.0128. The molecule has 0 saturated heterocycles. The van der Waals surface area contributed by atoms with E-state index in [1.54, 1.807) is 58.9 Å². The lowest BCUT2D eigenvalue weighted by atomic mass is 10.1. The first-order valence-corrected chi connectivity index (χ1v) is 12.5. The first-order chi connectivity index (χ1) is 15.0. The molecule has 1 amide bonds. The Labute approximate surface area is 195 Å². The summed E-state index contributed by atoms with van der Waals surface area (Å²) in [4.78, 5) is 14.7. The number of carbonyl (C=O) groups excluding carboxylic acids is 1. The highest BCUT2D eigenvalue weighted by Gasteiger charge is 2.52. The molecule has 0 bridgehead atoms.